The zero-order chi connectivity index (χ0) is 15.5. The lowest BCUT2D eigenvalue weighted by Gasteiger charge is -2.37. The Labute approximate surface area is 131 Å². The highest BCUT2D eigenvalue weighted by atomic mass is 32.1. The summed E-state index contributed by atoms with van der Waals surface area (Å²) in [5, 5.41) is 14.4. The number of aliphatic hydroxyl groups excluding tert-OH is 1. The lowest BCUT2D eigenvalue weighted by Crippen LogP contribution is -2.46. The van der Waals surface area contributed by atoms with Crippen LogP contribution in [0.25, 0.3) is 0 Å². The summed E-state index contributed by atoms with van der Waals surface area (Å²) in [5.74, 6) is 0. The summed E-state index contributed by atoms with van der Waals surface area (Å²) >= 11 is 1.69. The van der Waals surface area contributed by atoms with Crippen molar-refractivity contribution in [1.82, 2.24) is 4.90 Å². The van der Waals surface area contributed by atoms with Gasteiger partial charge in [0.1, 0.15) is 0 Å². The fourth-order valence-corrected chi connectivity index (χ4v) is 3.23. The number of nitrogens with zero attached hydrogens (tertiary/aromatic N) is 1. The van der Waals surface area contributed by atoms with Crippen LogP contribution in [0.15, 0.2) is 16.8 Å². The number of ether oxygens (including phenoxy) is 2. The van der Waals surface area contributed by atoms with Crippen LogP contribution in [-0.2, 0) is 9.47 Å². The first-order valence-corrected chi connectivity index (χ1v) is 8.50. The molecule has 1 N–H and O–H groups in total. The molecule has 0 amide bonds. The Kier molecular flexibility index (Phi) is 5.80. The Morgan fingerprint density at radius 3 is 2.86 bits per heavy atom. The molecule has 0 saturated carbocycles. The average molecular weight is 313 g/mol. The molecule has 5 heteroatoms. The molecule has 120 valence electrons. The molecule has 2 rings (SSSR count). The fourth-order valence-electron chi connectivity index (χ4n) is 2.53. The number of hydrogen-bond donors (Lipinski definition) is 1. The Hall–Kier alpha value is -0.460. The molecule has 0 aliphatic carbocycles. The van der Waals surface area contributed by atoms with E-state index in [1.807, 2.05) is 20.8 Å². The van der Waals surface area contributed by atoms with Gasteiger partial charge in [-0.15, -0.1) is 0 Å². The molecule has 4 nitrogen and oxygen atoms in total. The van der Waals surface area contributed by atoms with Gasteiger partial charge in [0.05, 0.1) is 30.5 Å². The standard InChI is InChI=1S/C16H27NO3S/c1-12-7-17(8-14(18)10-19-16(2,3)4)9-15(20-12)13-5-6-21-11-13/h5-6,11-12,14-15,18H,7-10H2,1-4H3. The maximum Gasteiger partial charge on any atom is 0.0964 e. The lowest BCUT2D eigenvalue weighted by molar-refractivity contribution is -0.0998. The molecule has 1 aromatic rings. The zero-order valence-corrected chi connectivity index (χ0v) is 14.2. The van der Waals surface area contributed by atoms with Crippen LogP contribution in [0.2, 0.25) is 0 Å². The zero-order valence-electron chi connectivity index (χ0n) is 13.4. The smallest absolute Gasteiger partial charge is 0.0964 e. The second kappa shape index (κ2) is 7.20. The van der Waals surface area contributed by atoms with Crippen molar-refractivity contribution in [3.05, 3.63) is 22.4 Å². The molecule has 0 bridgehead atoms. The van der Waals surface area contributed by atoms with Crippen LogP contribution in [0.4, 0.5) is 0 Å². The fraction of sp³-hybridized carbons (Fsp3) is 0.750. The molecule has 1 aliphatic heterocycles. The Bertz CT molecular complexity index is 416. The van der Waals surface area contributed by atoms with E-state index in [4.69, 9.17) is 9.47 Å². The largest absolute Gasteiger partial charge is 0.389 e. The van der Waals surface area contributed by atoms with Gasteiger partial charge in [0, 0.05) is 19.6 Å². The highest BCUT2D eigenvalue weighted by molar-refractivity contribution is 7.07. The third-order valence-electron chi connectivity index (χ3n) is 3.43. The Balaban J connectivity index is 1.85. The lowest BCUT2D eigenvalue weighted by atomic mass is 10.1. The predicted molar refractivity (Wildman–Crippen MR) is 85.8 cm³/mol. The second-order valence-electron chi connectivity index (χ2n) is 6.79. The first-order valence-electron chi connectivity index (χ1n) is 7.55. The van der Waals surface area contributed by atoms with Crippen LogP contribution in [0.3, 0.4) is 0 Å². The summed E-state index contributed by atoms with van der Waals surface area (Å²) in [6, 6.07) is 2.12. The number of rotatable bonds is 5. The average Bonchev–Trinajstić information content (AvgIpc) is 2.88. The number of aliphatic hydroxyl groups is 1. The molecule has 0 radical (unpaired) electrons. The molecule has 1 aliphatic rings. The monoisotopic (exact) mass is 313 g/mol. The molecule has 21 heavy (non-hydrogen) atoms. The molecule has 0 spiro atoms. The van der Waals surface area contributed by atoms with Crippen molar-refractivity contribution in [3.8, 4) is 0 Å². The van der Waals surface area contributed by atoms with Crippen LogP contribution in [0.5, 0.6) is 0 Å². The summed E-state index contributed by atoms with van der Waals surface area (Å²) in [5.41, 5.74) is 1.02. The minimum absolute atomic E-state index is 0.107. The molecule has 2 heterocycles. The summed E-state index contributed by atoms with van der Waals surface area (Å²) in [4.78, 5) is 2.27. The van der Waals surface area contributed by atoms with Crippen molar-refractivity contribution in [3.63, 3.8) is 0 Å². The van der Waals surface area contributed by atoms with Crippen molar-refractivity contribution in [2.75, 3.05) is 26.2 Å². The van der Waals surface area contributed by atoms with E-state index in [0.717, 1.165) is 13.1 Å². The van der Waals surface area contributed by atoms with Crippen LogP contribution in [0, 0.1) is 0 Å². The molecular formula is C16H27NO3S. The topological polar surface area (TPSA) is 41.9 Å². The summed E-state index contributed by atoms with van der Waals surface area (Å²) in [6.45, 7) is 10.8. The summed E-state index contributed by atoms with van der Waals surface area (Å²) < 4.78 is 11.7. The second-order valence-corrected chi connectivity index (χ2v) is 7.57. The SMILES string of the molecule is CC1CN(CC(O)COC(C)(C)C)CC(c2ccsc2)O1. The number of thiophene rings is 1. The molecular weight excluding hydrogens is 286 g/mol. The van der Waals surface area contributed by atoms with Crippen LogP contribution >= 0.6 is 11.3 Å². The van der Waals surface area contributed by atoms with Gasteiger partial charge in [-0.3, -0.25) is 4.90 Å². The third-order valence-corrected chi connectivity index (χ3v) is 4.13. The van der Waals surface area contributed by atoms with Gasteiger partial charge in [0.2, 0.25) is 0 Å². The minimum atomic E-state index is -0.461. The number of β-amino-alcohol motifs (C(OH)–C–C–N with tert-alkyl or cyclic N) is 1. The maximum absolute atomic E-state index is 10.2. The van der Waals surface area contributed by atoms with Crippen molar-refractivity contribution in [2.24, 2.45) is 0 Å². The van der Waals surface area contributed by atoms with Gasteiger partial charge >= 0.3 is 0 Å². The predicted octanol–water partition coefficient (Wildman–Crippen LogP) is 2.69. The molecule has 1 aromatic heterocycles. The van der Waals surface area contributed by atoms with E-state index in [9.17, 15) is 5.11 Å². The molecule has 1 fully saturated rings. The van der Waals surface area contributed by atoms with Crippen LogP contribution in [0.1, 0.15) is 39.4 Å². The van der Waals surface area contributed by atoms with Crippen molar-refractivity contribution >= 4 is 11.3 Å². The van der Waals surface area contributed by atoms with Gasteiger partial charge < -0.3 is 14.6 Å². The molecule has 3 unspecified atom stereocenters. The van der Waals surface area contributed by atoms with Gasteiger partial charge in [-0.1, -0.05) is 0 Å². The van der Waals surface area contributed by atoms with E-state index in [2.05, 4.69) is 28.7 Å². The Morgan fingerprint density at radius 1 is 1.48 bits per heavy atom. The molecule has 0 aromatic carbocycles. The quantitative estimate of drug-likeness (QED) is 0.907. The van der Waals surface area contributed by atoms with E-state index >= 15 is 0 Å². The van der Waals surface area contributed by atoms with Crippen molar-refractivity contribution in [2.45, 2.75) is 51.6 Å². The third kappa shape index (κ3) is 5.68. The van der Waals surface area contributed by atoms with Gasteiger partial charge in [-0.25, -0.2) is 0 Å². The number of hydrogen-bond acceptors (Lipinski definition) is 5. The van der Waals surface area contributed by atoms with Crippen molar-refractivity contribution in [1.29, 1.82) is 0 Å². The van der Waals surface area contributed by atoms with Crippen LogP contribution < -0.4 is 0 Å². The van der Waals surface area contributed by atoms with Gasteiger partial charge in [0.25, 0.3) is 0 Å². The van der Waals surface area contributed by atoms with E-state index in [-0.39, 0.29) is 17.8 Å². The van der Waals surface area contributed by atoms with Crippen LogP contribution in [-0.4, -0.2) is 54.1 Å². The van der Waals surface area contributed by atoms with E-state index in [0.29, 0.717) is 13.2 Å². The summed E-state index contributed by atoms with van der Waals surface area (Å²) in [7, 11) is 0. The first-order chi connectivity index (χ1) is 9.83. The van der Waals surface area contributed by atoms with Gasteiger partial charge in [0.15, 0.2) is 0 Å². The number of morpholine rings is 1. The first kappa shape index (κ1) is 16.9. The maximum atomic E-state index is 10.2. The molecule has 3 atom stereocenters. The highest BCUT2D eigenvalue weighted by Crippen LogP contribution is 2.26. The van der Waals surface area contributed by atoms with Crippen molar-refractivity contribution < 1.29 is 14.6 Å². The van der Waals surface area contributed by atoms with E-state index in [1.165, 1.54) is 5.56 Å². The van der Waals surface area contributed by atoms with Gasteiger partial charge in [-0.2, -0.15) is 11.3 Å². The van der Waals surface area contributed by atoms with E-state index in [1.54, 1.807) is 11.3 Å². The van der Waals surface area contributed by atoms with Gasteiger partial charge in [-0.05, 0) is 50.1 Å². The normalized spacial score (nSPS) is 26.0. The Morgan fingerprint density at radius 2 is 2.24 bits per heavy atom. The minimum Gasteiger partial charge on any atom is -0.389 e. The molecule has 1 saturated heterocycles. The summed E-state index contributed by atoms with van der Waals surface area (Å²) in [6.07, 6.45) is -0.173. The van der Waals surface area contributed by atoms with E-state index < -0.39 is 6.10 Å². The highest BCUT2D eigenvalue weighted by Gasteiger charge is 2.28.